The number of nitrogens with one attached hydrogen (secondary N) is 1. The van der Waals surface area contributed by atoms with Gasteiger partial charge in [0.1, 0.15) is 12.4 Å². The van der Waals surface area contributed by atoms with E-state index in [2.05, 4.69) is 5.32 Å². The van der Waals surface area contributed by atoms with E-state index in [-0.39, 0.29) is 18.4 Å². The third-order valence-electron chi connectivity index (χ3n) is 3.48. The highest BCUT2D eigenvalue weighted by Crippen LogP contribution is 2.17. The maximum absolute atomic E-state index is 12.9. The Labute approximate surface area is 141 Å². The minimum absolute atomic E-state index is 0.325. The van der Waals surface area contributed by atoms with Crippen molar-refractivity contribution in [3.63, 3.8) is 0 Å². The third kappa shape index (κ3) is 4.79. The van der Waals surface area contributed by atoms with Gasteiger partial charge in [-0.25, -0.2) is 12.8 Å². The molecule has 0 bridgehead atoms. The van der Waals surface area contributed by atoms with Crippen LogP contribution in [0.5, 0.6) is 0 Å². The minimum atomic E-state index is -3.60. The van der Waals surface area contributed by atoms with Crippen LogP contribution < -0.4 is 9.62 Å². The number of nitrogens with zero attached hydrogens (tertiary/aromatic N) is 1. The van der Waals surface area contributed by atoms with Crippen molar-refractivity contribution in [1.82, 2.24) is 5.32 Å². The molecular formula is C17H19FN2O3S. The molecule has 0 heterocycles. The second-order valence-corrected chi connectivity index (χ2v) is 7.35. The van der Waals surface area contributed by atoms with Crippen molar-refractivity contribution >= 4 is 21.6 Å². The molecule has 0 unspecified atom stereocenters. The lowest BCUT2D eigenvalue weighted by Gasteiger charge is -2.23. The Balaban J connectivity index is 2.09. The van der Waals surface area contributed by atoms with Crippen molar-refractivity contribution in [2.45, 2.75) is 13.0 Å². The van der Waals surface area contributed by atoms with Crippen LogP contribution in [0.2, 0.25) is 0 Å². The molecule has 1 amide bonds. The molecule has 1 N–H and O–H groups in total. The zero-order valence-corrected chi connectivity index (χ0v) is 14.3. The molecule has 2 rings (SSSR count). The molecule has 0 aliphatic rings. The molecule has 0 saturated carbocycles. The average Bonchev–Trinajstić information content (AvgIpc) is 2.53. The predicted octanol–water partition coefficient (Wildman–Crippen LogP) is 2.47. The van der Waals surface area contributed by atoms with Gasteiger partial charge in [0.05, 0.1) is 18.0 Å². The van der Waals surface area contributed by atoms with E-state index >= 15 is 0 Å². The highest BCUT2D eigenvalue weighted by atomic mass is 32.2. The summed E-state index contributed by atoms with van der Waals surface area (Å²) in [4.78, 5) is 12.2. The monoisotopic (exact) mass is 350 g/mol. The molecule has 128 valence electrons. The number of carbonyl (C=O) groups is 1. The van der Waals surface area contributed by atoms with Crippen LogP contribution in [0, 0.1) is 5.82 Å². The molecular weight excluding hydrogens is 331 g/mol. The SMILES string of the molecule is C[C@@H](NC(=O)CN(c1ccccc1)S(C)(=O)=O)c1ccc(F)cc1. The van der Waals surface area contributed by atoms with Crippen molar-refractivity contribution in [3.8, 4) is 0 Å². The van der Waals surface area contributed by atoms with Gasteiger partial charge in [-0.05, 0) is 36.8 Å². The summed E-state index contributed by atoms with van der Waals surface area (Å²) in [6, 6.07) is 13.8. The molecule has 0 radical (unpaired) electrons. The Morgan fingerprint density at radius 2 is 1.71 bits per heavy atom. The quantitative estimate of drug-likeness (QED) is 0.870. The molecule has 5 nitrogen and oxygen atoms in total. The second kappa shape index (κ2) is 7.44. The van der Waals surface area contributed by atoms with Crippen LogP contribution in [0.4, 0.5) is 10.1 Å². The molecule has 2 aromatic rings. The predicted molar refractivity (Wildman–Crippen MR) is 91.6 cm³/mol. The molecule has 1 atom stereocenters. The maximum Gasteiger partial charge on any atom is 0.241 e. The van der Waals surface area contributed by atoms with Crippen LogP contribution in [0.3, 0.4) is 0 Å². The normalized spacial score (nSPS) is 12.5. The Morgan fingerprint density at radius 3 is 2.25 bits per heavy atom. The van der Waals surface area contributed by atoms with E-state index in [9.17, 15) is 17.6 Å². The fourth-order valence-electron chi connectivity index (χ4n) is 2.25. The number of sulfonamides is 1. The van der Waals surface area contributed by atoms with Crippen LogP contribution >= 0.6 is 0 Å². The number of benzene rings is 2. The van der Waals surface area contributed by atoms with E-state index in [1.165, 1.54) is 12.1 Å². The Hall–Kier alpha value is -2.41. The fraction of sp³-hybridized carbons (Fsp3) is 0.235. The van der Waals surface area contributed by atoms with Crippen LogP contribution in [0.15, 0.2) is 54.6 Å². The summed E-state index contributed by atoms with van der Waals surface area (Å²) in [6.45, 7) is 1.42. The zero-order valence-electron chi connectivity index (χ0n) is 13.4. The number of carbonyl (C=O) groups excluding carboxylic acids is 1. The number of halogens is 1. The molecule has 0 fully saturated rings. The minimum Gasteiger partial charge on any atom is -0.348 e. The molecule has 0 saturated heterocycles. The van der Waals surface area contributed by atoms with Crippen molar-refractivity contribution in [2.24, 2.45) is 0 Å². The van der Waals surface area contributed by atoms with E-state index in [0.717, 1.165) is 16.1 Å². The van der Waals surface area contributed by atoms with Crippen LogP contribution in [-0.2, 0) is 14.8 Å². The first-order chi connectivity index (χ1) is 11.3. The summed E-state index contributed by atoms with van der Waals surface area (Å²) < 4.78 is 37.9. The highest BCUT2D eigenvalue weighted by Gasteiger charge is 2.21. The number of para-hydroxylation sites is 1. The summed E-state index contributed by atoms with van der Waals surface area (Å²) in [5, 5.41) is 2.72. The number of anilines is 1. The van der Waals surface area contributed by atoms with Crippen LogP contribution in [-0.4, -0.2) is 27.1 Å². The first-order valence-corrected chi connectivity index (χ1v) is 9.20. The topological polar surface area (TPSA) is 66.5 Å². The smallest absolute Gasteiger partial charge is 0.241 e. The van der Waals surface area contributed by atoms with Crippen molar-refractivity contribution in [3.05, 3.63) is 66.0 Å². The zero-order chi connectivity index (χ0) is 17.7. The van der Waals surface area contributed by atoms with Gasteiger partial charge < -0.3 is 5.32 Å². The summed E-state index contributed by atoms with van der Waals surface area (Å²) in [5.41, 5.74) is 1.15. The third-order valence-corrected chi connectivity index (χ3v) is 4.62. The van der Waals surface area contributed by atoms with Gasteiger partial charge in [0.2, 0.25) is 15.9 Å². The Kier molecular flexibility index (Phi) is 5.56. The molecule has 0 aromatic heterocycles. The van der Waals surface area contributed by atoms with Crippen molar-refractivity contribution in [1.29, 1.82) is 0 Å². The molecule has 0 aliphatic heterocycles. The van der Waals surface area contributed by atoms with E-state index in [0.29, 0.717) is 5.69 Å². The van der Waals surface area contributed by atoms with Gasteiger partial charge in [0.15, 0.2) is 0 Å². The largest absolute Gasteiger partial charge is 0.348 e. The fourth-order valence-corrected chi connectivity index (χ4v) is 3.10. The van der Waals surface area contributed by atoms with Gasteiger partial charge >= 0.3 is 0 Å². The highest BCUT2D eigenvalue weighted by molar-refractivity contribution is 7.92. The molecule has 7 heteroatoms. The second-order valence-electron chi connectivity index (χ2n) is 5.45. The number of amides is 1. The first kappa shape index (κ1) is 17.9. The maximum atomic E-state index is 12.9. The Morgan fingerprint density at radius 1 is 1.12 bits per heavy atom. The average molecular weight is 350 g/mol. The van der Waals surface area contributed by atoms with Crippen molar-refractivity contribution < 1.29 is 17.6 Å². The molecule has 2 aromatic carbocycles. The van der Waals surface area contributed by atoms with Crippen molar-refractivity contribution in [2.75, 3.05) is 17.1 Å². The summed E-state index contributed by atoms with van der Waals surface area (Å²) >= 11 is 0. The van der Waals surface area contributed by atoms with E-state index in [4.69, 9.17) is 0 Å². The van der Waals surface area contributed by atoms with Gasteiger partial charge in [0, 0.05) is 0 Å². The van der Waals surface area contributed by atoms with E-state index in [1.54, 1.807) is 49.4 Å². The van der Waals surface area contributed by atoms with Gasteiger partial charge in [-0.3, -0.25) is 9.10 Å². The first-order valence-electron chi connectivity index (χ1n) is 7.35. The number of hydrogen-bond donors (Lipinski definition) is 1. The van der Waals surface area contributed by atoms with Gasteiger partial charge in [-0.15, -0.1) is 0 Å². The standard InChI is InChI=1S/C17H19FN2O3S/c1-13(14-8-10-15(18)11-9-14)19-17(21)12-20(24(2,22)23)16-6-4-3-5-7-16/h3-11,13H,12H2,1-2H3,(H,19,21)/t13-/m1/s1. The lowest BCUT2D eigenvalue weighted by Crippen LogP contribution is -2.41. The summed E-state index contributed by atoms with van der Waals surface area (Å²) in [6.07, 6.45) is 1.05. The lowest BCUT2D eigenvalue weighted by molar-refractivity contribution is -0.120. The van der Waals surface area contributed by atoms with Gasteiger partial charge in [0.25, 0.3) is 0 Å². The molecule has 24 heavy (non-hydrogen) atoms. The van der Waals surface area contributed by atoms with Crippen LogP contribution in [0.1, 0.15) is 18.5 Å². The summed E-state index contributed by atoms with van der Waals surface area (Å²) in [7, 11) is -3.60. The van der Waals surface area contributed by atoms with E-state index < -0.39 is 15.9 Å². The summed E-state index contributed by atoms with van der Waals surface area (Å²) in [5.74, 6) is -0.800. The molecule has 0 spiro atoms. The Bertz CT molecular complexity index is 792. The lowest BCUT2D eigenvalue weighted by atomic mass is 10.1. The number of rotatable bonds is 6. The van der Waals surface area contributed by atoms with Crippen LogP contribution in [0.25, 0.3) is 0 Å². The molecule has 0 aliphatic carbocycles. The number of hydrogen-bond acceptors (Lipinski definition) is 3. The van der Waals surface area contributed by atoms with Gasteiger partial charge in [-0.2, -0.15) is 0 Å². The van der Waals surface area contributed by atoms with E-state index in [1.807, 2.05) is 0 Å². The van der Waals surface area contributed by atoms with Gasteiger partial charge in [-0.1, -0.05) is 30.3 Å².